The van der Waals surface area contributed by atoms with Gasteiger partial charge in [-0.1, -0.05) is 66.2 Å². The first-order chi connectivity index (χ1) is 14.1. The van der Waals surface area contributed by atoms with Gasteiger partial charge in [0.1, 0.15) is 18.2 Å². The van der Waals surface area contributed by atoms with Crippen molar-refractivity contribution in [3.63, 3.8) is 0 Å². The first-order valence-corrected chi connectivity index (χ1v) is 9.68. The summed E-state index contributed by atoms with van der Waals surface area (Å²) in [6, 6.07) is 24.2. The van der Waals surface area contributed by atoms with Crippen molar-refractivity contribution >= 4 is 34.3 Å². The summed E-state index contributed by atoms with van der Waals surface area (Å²) in [7, 11) is 0. The van der Waals surface area contributed by atoms with Gasteiger partial charge in [-0.05, 0) is 47.5 Å². The Morgan fingerprint density at radius 3 is 2.59 bits per heavy atom. The maximum atomic E-state index is 14.0. The second-order valence-corrected chi connectivity index (χ2v) is 7.13. The molecule has 29 heavy (non-hydrogen) atoms. The lowest BCUT2D eigenvalue weighted by molar-refractivity contribution is 0.300. The summed E-state index contributed by atoms with van der Waals surface area (Å²) in [5.74, 6) is 0.369. The highest BCUT2D eigenvalue weighted by Crippen LogP contribution is 2.30. The van der Waals surface area contributed by atoms with E-state index in [0.29, 0.717) is 16.3 Å². The second kappa shape index (κ2) is 8.46. The zero-order valence-corrected chi connectivity index (χ0v) is 16.7. The molecule has 0 saturated heterocycles. The average Bonchev–Trinajstić information content (AvgIpc) is 2.74. The first kappa shape index (κ1) is 19.2. The highest BCUT2D eigenvalue weighted by Gasteiger charge is 2.09. The number of halogens is 2. The maximum absolute atomic E-state index is 14.0. The molecular weight excluding hydrogens is 385 g/mol. The number of hydrogen-bond donors (Lipinski definition) is 0. The predicted octanol–water partition coefficient (Wildman–Crippen LogP) is 7.27. The van der Waals surface area contributed by atoms with Crippen LogP contribution in [0.15, 0.2) is 83.9 Å². The number of rotatable bonds is 5. The van der Waals surface area contributed by atoms with Gasteiger partial charge in [-0.3, -0.25) is 4.99 Å². The molecule has 0 atom stereocenters. The summed E-state index contributed by atoms with van der Waals surface area (Å²) in [5, 5.41) is 2.77. The topological polar surface area (TPSA) is 21.6 Å². The van der Waals surface area contributed by atoms with Crippen LogP contribution in [0.2, 0.25) is 5.02 Å². The third-order valence-corrected chi connectivity index (χ3v) is 5.25. The molecule has 0 spiro atoms. The molecule has 0 N–H and O–H groups in total. The van der Waals surface area contributed by atoms with E-state index < -0.39 is 0 Å². The Kier molecular flexibility index (Phi) is 5.59. The van der Waals surface area contributed by atoms with Crippen molar-refractivity contribution in [1.82, 2.24) is 0 Å². The molecule has 144 valence electrons. The summed E-state index contributed by atoms with van der Waals surface area (Å²) in [5.41, 5.74) is 3.07. The smallest absolute Gasteiger partial charge is 0.129 e. The van der Waals surface area contributed by atoms with Crippen LogP contribution in [0.4, 0.5) is 10.1 Å². The Morgan fingerprint density at radius 1 is 0.931 bits per heavy atom. The molecule has 4 aromatic carbocycles. The van der Waals surface area contributed by atoms with Crippen molar-refractivity contribution in [3.8, 4) is 5.75 Å². The monoisotopic (exact) mass is 403 g/mol. The highest BCUT2D eigenvalue weighted by molar-refractivity contribution is 6.31. The summed E-state index contributed by atoms with van der Waals surface area (Å²) >= 11 is 6.22. The average molecular weight is 404 g/mol. The number of nitrogens with zero attached hydrogens (tertiary/aromatic N) is 1. The summed E-state index contributed by atoms with van der Waals surface area (Å²) in [6.07, 6.45) is 1.79. The Morgan fingerprint density at radius 2 is 1.72 bits per heavy atom. The van der Waals surface area contributed by atoms with Gasteiger partial charge in [0.15, 0.2) is 0 Å². The molecule has 4 heteroatoms. The van der Waals surface area contributed by atoms with Crippen LogP contribution in [0.3, 0.4) is 0 Å². The van der Waals surface area contributed by atoms with Gasteiger partial charge in [-0.15, -0.1) is 0 Å². The fourth-order valence-electron chi connectivity index (χ4n) is 3.18. The first-order valence-electron chi connectivity index (χ1n) is 9.30. The van der Waals surface area contributed by atoms with Crippen LogP contribution < -0.4 is 4.74 Å². The number of fused-ring (bicyclic) bond motifs is 1. The molecule has 0 aliphatic heterocycles. The third kappa shape index (κ3) is 4.15. The lowest BCUT2D eigenvalue weighted by Crippen LogP contribution is -2.01. The maximum Gasteiger partial charge on any atom is 0.129 e. The van der Waals surface area contributed by atoms with Crippen molar-refractivity contribution in [3.05, 3.63) is 106 Å². The molecule has 4 aromatic rings. The van der Waals surface area contributed by atoms with Crippen molar-refractivity contribution in [2.45, 2.75) is 13.5 Å². The van der Waals surface area contributed by atoms with Gasteiger partial charge in [0.05, 0.1) is 5.69 Å². The van der Waals surface area contributed by atoms with Crippen molar-refractivity contribution < 1.29 is 9.13 Å². The molecule has 0 saturated carbocycles. The van der Waals surface area contributed by atoms with E-state index in [0.717, 1.165) is 27.6 Å². The van der Waals surface area contributed by atoms with Crippen molar-refractivity contribution in [1.29, 1.82) is 0 Å². The Hall–Kier alpha value is -3.17. The molecule has 0 amide bonds. The van der Waals surface area contributed by atoms with Gasteiger partial charge < -0.3 is 4.74 Å². The van der Waals surface area contributed by atoms with Crippen LogP contribution in [0.5, 0.6) is 5.75 Å². The summed E-state index contributed by atoms with van der Waals surface area (Å²) < 4.78 is 20.0. The summed E-state index contributed by atoms with van der Waals surface area (Å²) in [6.45, 7) is 2.08. The van der Waals surface area contributed by atoms with Gasteiger partial charge in [0.2, 0.25) is 0 Å². The molecular formula is C25H19ClFNO. The van der Waals surface area contributed by atoms with Gasteiger partial charge in [0, 0.05) is 22.4 Å². The molecule has 0 aliphatic carbocycles. The quantitative estimate of drug-likeness (QED) is 0.321. The third-order valence-electron chi connectivity index (χ3n) is 4.84. The highest BCUT2D eigenvalue weighted by atomic mass is 35.5. The van der Waals surface area contributed by atoms with Crippen molar-refractivity contribution in [2.75, 3.05) is 0 Å². The zero-order chi connectivity index (χ0) is 20.2. The molecule has 0 radical (unpaired) electrons. The lowest BCUT2D eigenvalue weighted by Gasteiger charge is -2.12. The van der Waals surface area contributed by atoms with E-state index >= 15 is 0 Å². The van der Waals surface area contributed by atoms with Crippen LogP contribution in [0.25, 0.3) is 10.8 Å². The van der Waals surface area contributed by atoms with Crippen LogP contribution in [-0.2, 0) is 6.61 Å². The minimum absolute atomic E-state index is 0.141. The standard InChI is InChI=1S/C25H19ClFNO/c1-17-22(26)10-6-12-24(17)28-15-21-20-9-4-2-7-18(20)13-14-25(21)29-16-19-8-3-5-11-23(19)27/h2-15H,16H2,1H3. The molecule has 0 aliphatic rings. The minimum Gasteiger partial charge on any atom is -0.488 e. The van der Waals surface area contributed by atoms with E-state index in [1.807, 2.05) is 61.5 Å². The molecule has 0 heterocycles. The van der Waals surface area contributed by atoms with Crippen LogP contribution in [-0.4, -0.2) is 6.21 Å². The number of ether oxygens (including phenoxy) is 1. The largest absolute Gasteiger partial charge is 0.488 e. The molecule has 0 unspecified atom stereocenters. The number of aliphatic imine (C=N–C) groups is 1. The van der Waals surface area contributed by atoms with E-state index in [4.69, 9.17) is 16.3 Å². The number of hydrogen-bond acceptors (Lipinski definition) is 2. The predicted molar refractivity (Wildman–Crippen MR) is 118 cm³/mol. The molecule has 0 aromatic heterocycles. The summed E-state index contributed by atoms with van der Waals surface area (Å²) in [4.78, 5) is 4.66. The van der Waals surface area contributed by atoms with E-state index in [1.54, 1.807) is 24.4 Å². The lowest BCUT2D eigenvalue weighted by atomic mass is 10.0. The van der Waals surface area contributed by atoms with E-state index in [1.165, 1.54) is 6.07 Å². The normalized spacial score (nSPS) is 11.3. The molecule has 4 rings (SSSR count). The van der Waals surface area contributed by atoms with E-state index in [-0.39, 0.29) is 12.4 Å². The van der Waals surface area contributed by atoms with E-state index in [2.05, 4.69) is 4.99 Å². The second-order valence-electron chi connectivity index (χ2n) is 6.72. The van der Waals surface area contributed by atoms with Crippen LogP contribution in [0, 0.1) is 12.7 Å². The zero-order valence-electron chi connectivity index (χ0n) is 15.9. The van der Waals surface area contributed by atoms with Gasteiger partial charge in [-0.25, -0.2) is 4.39 Å². The SMILES string of the molecule is Cc1c(Cl)cccc1N=Cc1c(OCc2ccccc2F)ccc2ccccc12. The Labute approximate surface area is 174 Å². The molecule has 2 nitrogen and oxygen atoms in total. The van der Waals surface area contributed by atoms with E-state index in [9.17, 15) is 4.39 Å². The minimum atomic E-state index is -0.280. The Balaban J connectivity index is 1.74. The molecule has 0 bridgehead atoms. The van der Waals surface area contributed by atoms with Gasteiger partial charge in [0.25, 0.3) is 0 Å². The van der Waals surface area contributed by atoms with Gasteiger partial charge >= 0.3 is 0 Å². The fourth-order valence-corrected chi connectivity index (χ4v) is 3.35. The van der Waals surface area contributed by atoms with Crippen molar-refractivity contribution in [2.24, 2.45) is 4.99 Å². The van der Waals surface area contributed by atoms with Crippen LogP contribution in [0.1, 0.15) is 16.7 Å². The number of benzene rings is 4. The van der Waals surface area contributed by atoms with Gasteiger partial charge in [-0.2, -0.15) is 0 Å². The Bertz CT molecular complexity index is 1200. The molecule has 0 fully saturated rings. The van der Waals surface area contributed by atoms with Crippen LogP contribution >= 0.6 is 11.6 Å². The fraction of sp³-hybridized carbons (Fsp3) is 0.0800.